The summed E-state index contributed by atoms with van der Waals surface area (Å²) in [4.78, 5) is 4.42. The summed E-state index contributed by atoms with van der Waals surface area (Å²) in [7, 11) is 0. The van der Waals surface area contributed by atoms with Crippen LogP contribution in [-0.2, 0) is 13.0 Å². The van der Waals surface area contributed by atoms with E-state index in [1.54, 1.807) is 0 Å². The normalized spacial score (nSPS) is 23.1. The molecule has 0 aromatic carbocycles. The third kappa shape index (κ3) is 3.09. The Balaban J connectivity index is 1.78. The van der Waals surface area contributed by atoms with E-state index in [9.17, 15) is 0 Å². The Bertz CT molecular complexity index is 345. The van der Waals surface area contributed by atoms with Gasteiger partial charge in [0.25, 0.3) is 0 Å². The molecule has 1 aromatic heterocycles. The maximum absolute atomic E-state index is 4.42. The molecule has 1 aromatic rings. The highest BCUT2D eigenvalue weighted by molar-refractivity contribution is 4.97. The molecule has 17 heavy (non-hydrogen) atoms. The molecule has 0 spiro atoms. The summed E-state index contributed by atoms with van der Waals surface area (Å²) < 4.78 is 2.29. The second-order valence-electron chi connectivity index (χ2n) is 5.48. The minimum absolute atomic E-state index is 0.627. The molecule has 1 aliphatic rings. The molecular weight excluding hydrogens is 210 g/mol. The molecule has 3 heteroatoms. The zero-order chi connectivity index (χ0) is 12.3. The minimum atomic E-state index is 0.627. The van der Waals surface area contributed by atoms with Gasteiger partial charge in [0.1, 0.15) is 5.82 Å². The second kappa shape index (κ2) is 5.67. The lowest BCUT2D eigenvalue weighted by atomic mass is 9.95. The number of hydrogen-bond acceptors (Lipinski definition) is 2. The highest BCUT2D eigenvalue weighted by atomic mass is 15.1. The van der Waals surface area contributed by atoms with E-state index in [0.29, 0.717) is 6.04 Å². The van der Waals surface area contributed by atoms with Crippen LogP contribution >= 0.6 is 0 Å². The van der Waals surface area contributed by atoms with Crippen molar-refractivity contribution >= 4 is 0 Å². The van der Waals surface area contributed by atoms with Crippen molar-refractivity contribution in [2.24, 2.45) is 11.8 Å². The summed E-state index contributed by atoms with van der Waals surface area (Å²) in [5.41, 5.74) is 0. The number of aryl methyl sites for hydroxylation is 1. The van der Waals surface area contributed by atoms with Crippen LogP contribution in [-0.4, -0.2) is 22.1 Å². The molecule has 0 aliphatic carbocycles. The maximum atomic E-state index is 4.42. The number of hydrogen-bond donors (Lipinski definition) is 1. The molecule has 1 N–H and O–H groups in total. The van der Waals surface area contributed by atoms with Crippen LogP contribution in [0, 0.1) is 11.8 Å². The van der Waals surface area contributed by atoms with Gasteiger partial charge in [0, 0.05) is 31.4 Å². The molecule has 2 rings (SSSR count). The van der Waals surface area contributed by atoms with E-state index in [-0.39, 0.29) is 0 Å². The Morgan fingerprint density at radius 1 is 1.53 bits per heavy atom. The van der Waals surface area contributed by atoms with Gasteiger partial charge in [-0.25, -0.2) is 4.98 Å². The zero-order valence-corrected chi connectivity index (χ0v) is 11.3. The van der Waals surface area contributed by atoms with Gasteiger partial charge in [-0.15, -0.1) is 0 Å². The molecule has 3 atom stereocenters. The van der Waals surface area contributed by atoms with Gasteiger partial charge in [-0.1, -0.05) is 20.3 Å². The number of nitrogens with zero attached hydrogens (tertiary/aromatic N) is 2. The van der Waals surface area contributed by atoms with E-state index in [4.69, 9.17) is 0 Å². The highest BCUT2D eigenvalue weighted by Gasteiger charge is 2.20. The van der Waals surface area contributed by atoms with Gasteiger partial charge in [-0.2, -0.15) is 0 Å². The fourth-order valence-electron chi connectivity index (χ4n) is 2.50. The molecule has 0 bridgehead atoms. The Hall–Kier alpha value is -0.830. The molecule has 3 nitrogen and oxygen atoms in total. The monoisotopic (exact) mass is 235 g/mol. The first-order chi connectivity index (χ1) is 8.20. The molecule has 96 valence electrons. The average Bonchev–Trinajstić information content (AvgIpc) is 2.82. The van der Waals surface area contributed by atoms with Crippen LogP contribution in [0.5, 0.6) is 0 Å². The van der Waals surface area contributed by atoms with Crippen molar-refractivity contribution < 1.29 is 0 Å². The summed E-state index contributed by atoms with van der Waals surface area (Å²) in [6.45, 7) is 9.17. The predicted molar refractivity (Wildman–Crippen MR) is 71.0 cm³/mol. The van der Waals surface area contributed by atoms with E-state index < -0.39 is 0 Å². The van der Waals surface area contributed by atoms with Gasteiger partial charge in [0.15, 0.2) is 0 Å². The van der Waals surface area contributed by atoms with E-state index >= 15 is 0 Å². The van der Waals surface area contributed by atoms with E-state index in [2.05, 4.69) is 41.8 Å². The average molecular weight is 235 g/mol. The van der Waals surface area contributed by atoms with Crippen molar-refractivity contribution in [2.45, 2.75) is 52.6 Å². The first kappa shape index (κ1) is 12.6. The number of aromatic nitrogens is 2. The highest BCUT2D eigenvalue weighted by Crippen LogP contribution is 2.19. The van der Waals surface area contributed by atoms with Crippen LogP contribution < -0.4 is 5.32 Å². The van der Waals surface area contributed by atoms with Crippen molar-refractivity contribution in [1.29, 1.82) is 0 Å². The van der Waals surface area contributed by atoms with Crippen LogP contribution in [0.3, 0.4) is 0 Å². The molecule has 1 aliphatic heterocycles. The number of fused-ring (bicyclic) bond motifs is 1. The van der Waals surface area contributed by atoms with Gasteiger partial charge < -0.3 is 9.88 Å². The molecule has 0 radical (unpaired) electrons. The smallest absolute Gasteiger partial charge is 0.108 e. The van der Waals surface area contributed by atoms with Crippen LogP contribution in [0.4, 0.5) is 0 Å². The Morgan fingerprint density at radius 3 is 3.12 bits per heavy atom. The Labute approximate surface area is 105 Å². The van der Waals surface area contributed by atoms with E-state index in [1.165, 1.54) is 18.7 Å². The summed E-state index contributed by atoms with van der Waals surface area (Å²) >= 11 is 0. The van der Waals surface area contributed by atoms with Gasteiger partial charge in [0.05, 0.1) is 0 Å². The number of rotatable bonds is 5. The standard InChI is InChI=1S/C14H25N3/c1-4-11(2)12(3)16-10-13-5-7-17-8-6-15-14(17)9-13/h6,8,11-13,16H,4-5,7,9-10H2,1-3H3. The lowest BCUT2D eigenvalue weighted by molar-refractivity contribution is 0.317. The van der Waals surface area contributed by atoms with Crippen molar-refractivity contribution in [3.8, 4) is 0 Å². The fraction of sp³-hybridized carbons (Fsp3) is 0.786. The third-order valence-electron chi connectivity index (χ3n) is 4.28. The Morgan fingerprint density at radius 2 is 2.35 bits per heavy atom. The first-order valence-corrected chi connectivity index (χ1v) is 6.94. The molecular formula is C14H25N3. The number of nitrogens with one attached hydrogen (secondary N) is 1. The van der Waals surface area contributed by atoms with Crippen molar-refractivity contribution in [2.75, 3.05) is 6.54 Å². The molecule has 0 amide bonds. The maximum Gasteiger partial charge on any atom is 0.108 e. The number of imidazole rings is 1. The fourth-order valence-corrected chi connectivity index (χ4v) is 2.50. The summed E-state index contributed by atoms with van der Waals surface area (Å²) in [5, 5.41) is 3.69. The molecule has 0 saturated heterocycles. The van der Waals surface area contributed by atoms with Gasteiger partial charge in [-0.3, -0.25) is 0 Å². The van der Waals surface area contributed by atoms with Crippen molar-refractivity contribution in [3.05, 3.63) is 18.2 Å². The van der Waals surface area contributed by atoms with Gasteiger partial charge in [-0.05, 0) is 31.7 Å². The molecule has 3 unspecified atom stereocenters. The minimum Gasteiger partial charge on any atom is -0.335 e. The summed E-state index contributed by atoms with van der Waals surface area (Å²) in [6.07, 6.45) is 7.69. The van der Waals surface area contributed by atoms with E-state index in [1.807, 2.05) is 6.20 Å². The Kier molecular flexibility index (Phi) is 4.21. The van der Waals surface area contributed by atoms with Crippen molar-refractivity contribution in [3.63, 3.8) is 0 Å². The van der Waals surface area contributed by atoms with Crippen LogP contribution in [0.1, 0.15) is 39.4 Å². The van der Waals surface area contributed by atoms with Gasteiger partial charge >= 0.3 is 0 Å². The first-order valence-electron chi connectivity index (χ1n) is 6.94. The van der Waals surface area contributed by atoms with Crippen LogP contribution in [0.15, 0.2) is 12.4 Å². The quantitative estimate of drug-likeness (QED) is 0.849. The SMILES string of the molecule is CCC(C)C(C)NCC1CCn2ccnc2C1. The van der Waals surface area contributed by atoms with Crippen LogP contribution in [0.25, 0.3) is 0 Å². The predicted octanol–water partition coefficient (Wildman–Crippen LogP) is 2.47. The zero-order valence-electron chi connectivity index (χ0n) is 11.3. The molecule has 2 heterocycles. The van der Waals surface area contributed by atoms with Gasteiger partial charge in [0.2, 0.25) is 0 Å². The largest absolute Gasteiger partial charge is 0.335 e. The molecule has 0 fully saturated rings. The summed E-state index contributed by atoms with van der Waals surface area (Å²) in [5.74, 6) is 2.79. The lowest BCUT2D eigenvalue weighted by Crippen LogP contribution is -2.37. The van der Waals surface area contributed by atoms with E-state index in [0.717, 1.165) is 31.3 Å². The summed E-state index contributed by atoms with van der Waals surface area (Å²) in [6, 6.07) is 0.627. The van der Waals surface area contributed by atoms with Crippen molar-refractivity contribution in [1.82, 2.24) is 14.9 Å². The second-order valence-corrected chi connectivity index (χ2v) is 5.48. The van der Waals surface area contributed by atoms with Crippen LogP contribution in [0.2, 0.25) is 0 Å². The topological polar surface area (TPSA) is 29.9 Å². The molecule has 0 saturated carbocycles. The lowest BCUT2D eigenvalue weighted by Gasteiger charge is -2.27. The third-order valence-corrected chi connectivity index (χ3v) is 4.28.